The van der Waals surface area contributed by atoms with Crippen molar-refractivity contribution in [1.29, 1.82) is 0 Å². The zero-order chi connectivity index (χ0) is 11.8. The Balaban J connectivity index is 0.000000583. The van der Waals surface area contributed by atoms with Crippen LogP contribution in [0.25, 0.3) is 0 Å². The summed E-state index contributed by atoms with van der Waals surface area (Å²) in [5, 5.41) is 25.4. The quantitative estimate of drug-likeness (QED) is 0.503. The van der Waals surface area contributed by atoms with Crippen LogP contribution in [0, 0.1) is 6.92 Å². The molecule has 0 amide bonds. The van der Waals surface area contributed by atoms with Gasteiger partial charge in [-0.2, -0.15) is 0 Å². The van der Waals surface area contributed by atoms with Crippen molar-refractivity contribution in [3.63, 3.8) is 0 Å². The van der Waals surface area contributed by atoms with Crippen molar-refractivity contribution in [2.75, 3.05) is 0 Å². The lowest BCUT2D eigenvalue weighted by atomic mass is 10.1. The summed E-state index contributed by atoms with van der Waals surface area (Å²) in [6.45, 7) is 4.21. The number of aromatic nitrogens is 1. The van der Waals surface area contributed by atoms with Crippen molar-refractivity contribution < 1.29 is 20.1 Å². The van der Waals surface area contributed by atoms with Crippen LogP contribution in [0.5, 0.6) is 5.75 Å². The molecule has 0 aliphatic rings. The number of carbonyl (C=O) groups is 1. The van der Waals surface area contributed by atoms with E-state index in [9.17, 15) is 9.90 Å². The Morgan fingerprint density at radius 2 is 2.13 bits per heavy atom. The molecule has 0 aliphatic heterocycles. The molecule has 0 unspecified atom stereocenters. The Labute approximate surface area is 87.3 Å². The van der Waals surface area contributed by atoms with Crippen LogP contribution in [-0.4, -0.2) is 26.6 Å². The molecule has 0 aliphatic carbocycles. The number of aldehydes is 1. The van der Waals surface area contributed by atoms with Gasteiger partial charge in [0.1, 0.15) is 5.75 Å². The number of aromatic hydroxyl groups is 1. The van der Waals surface area contributed by atoms with Crippen LogP contribution in [0.4, 0.5) is 0 Å². The van der Waals surface area contributed by atoms with E-state index in [1.165, 1.54) is 6.20 Å². The topological polar surface area (TPSA) is 90.7 Å². The van der Waals surface area contributed by atoms with E-state index >= 15 is 0 Å². The number of hydrogen-bond donors (Lipinski definition) is 3. The third-order valence-corrected chi connectivity index (χ3v) is 1.65. The molecule has 0 fully saturated rings. The monoisotopic (exact) mass is 211 g/mol. The number of aliphatic hydroxyl groups is 2. The molecule has 82 valence electrons. The van der Waals surface area contributed by atoms with Gasteiger partial charge in [0, 0.05) is 11.8 Å². The number of rotatable bonds is 2. The fourth-order valence-electron chi connectivity index (χ4n) is 0.910. The average molecular weight is 211 g/mol. The number of carbonyl (C=O) groups excluding carboxylic acids is 1. The van der Waals surface area contributed by atoms with E-state index in [-0.39, 0.29) is 17.9 Å². The molecule has 1 heterocycles. The predicted octanol–water partition coefficient (Wildman–Crippen LogP) is 1.09. The van der Waals surface area contributed by atoms with Gasteiger partial charge >= 0.3 is 0 Å². The highest BCUT2D eigenvalue weighted by Crippen LogP contribution is 2.21. The molecule has 0 aromatic carbocycles. The van der Waals surface area contributed by atoms with E-state index in [1.54, 1.807) is 6.92 Å². The van der Waals surface area contributed by atoms with Gasteiger partial charge in [-0.3, -0.25) is 9.78 Å². The second-order valence-corrected chi connectivity index (χ2v) is 2.59. The summed E-state index contributed by atoms with van der Waals surface area (Å²) in [6.07, 6.45) is 2.63. The minimum absolute atomic E-state index is 0.116. The largest absolute Gasteiger partial charge is 0.516 e. The molecule has 0 saturated heterocycles. The van der Waals surface area contributed by atoms with Crippen molar-refractivity contribution >= 4 is 6.29 Å². The highest BCUT2D eigenvalue weighted by molar-refractivity contribution is 5.81. The highest BCUT2D eigenvalue weighted by atomic mass is 16.3. The normalized spacial score (nSPS) is 8.67. The van der Waals surface area contributed by atoms with E-state index in [0.717, 1.165) is 6.26 Å². The molecular formula is C10H13NO4. The van der Waals surface area contributed by atoms with Gasteiger partial charge in [-0.1, -0.05) is 6.58 Å². The second-order valence-electron chi connectivity index (χ2n) is 2.59. The standard InChI is InChI=1S/C8H9NO3.C2H4O/c1-5-8(12)7(4-11)6(3-10)2-9-5;1-2-3/h2,4,10,12H,3H2,1H3;2-3H,1H2. The summed E-state index contributed by atoms with van der Waals surface area (Å²) in [5.41, 5.74) is 0.840. The van der Waals surface area contributed by atoms with Gasteiger partial charge in [0.05, 0.1) is 24.1 Å². The van der Waals surface area contributed by atoms with E-state index in [2.05, 4.69) is 11.6 Å². The number of hydrogen-bond acceptors (Lipinski definition) is 5. The summed E-state index contributed by atoms with van der Waals surface area (Å²) in [4.78, 5) is 14.2. The Morgan fingerprint density at radius 1 is 1.60 bits per heavy atom. The lowest BCUT2D eigenvalue weighted by Crippen LogP contribution is -1.96. The minimum atomic E-state index is -0.297. The zero-order valence-electron chi connectivity index (χ0n) is 8.34. The third-order valence-electron chi connectivity index (χ3n) is 1.65. The van der Waals surface area contributed by atoms with Crippen LogP contribution >= 0.6 is 0 Å². The van der Waals surface area contributed by atoms with Crippen molar-refractivity contribution in [2.24, 2.45) is 0 Å². The lowest BCUT2D eigenvalue weighted by Gasteiger charge is -2.04. The average Bonchev–Trinajstić information content (AvgIpc) is 2.23. The summed E-state index contributed by atoms with van der Waals surface area (Å²) in [6, 6.07) is 0. The fraction of sp³-hybridized carbons (Fsp3) is 0.200. The fourth-order valence-corrected chi connectivity index (χ4v) is 0.910. The number of pyridine rings is 1. The summed E-state index contributed by atoms with van der Waals surface area (Å²) in [7, 11) is 0. The third kappa shape index (κ3) is 3.40. The SMILES string of the molecule is C=CO.Cc1ncc(CO)c(C=O)c1O. The maximum Gasteiger partial charge on any atom is 0.154 e. The molecule has 15 heavy (non-hydrogen) atoms. The molecule has 0 saturated carbocycles. The molecule has 5 heteroatoms. The molecular weight excluding hydrogens is 198 g/mol. The van der Waals surface area contributed by atoms with E-state index in [0.29, 0.717) is 17.5 Å². The summed E-state index contributed by atoms with van der Waals surface area (Å²) < 4.78 is 0. The van der Waals surface area contributed by atoms with Gasteiger partial charge < -0.3 is 15.3 Å². The van der Waals surface area contributed by atoms with Gasteiger partial charge in [-0.15, -0.1) is 0 Å². The molecule has 1 aromatic rings. The van der Waals surface area contributed by atoms with Crippen molar-refractivity contribution in [3.05, 3.63) is 35.9 Å². The second kappa shape index (κ2) is 6.56. The maximum atomic E-state index is 10.5. The Bertz CT molecular complexity index is 350. The van der Waals surface area contributed by atoms with Crippen molar-refractivity contribution in [2.45, 2.75) is 13.5 Å². The van der Waals surface area contributed by atoms with E-state index in [1.807, 2.05) is 0 Å². The Kier molecular flexibility index (Phi) is 5.73. The first-order valence-electron chi connectivity index (χ1n) is 4.10. The Morgan fingerprint density at radius 3 is 2.53 bits per heavy atom. The Hall–Kier alpha value is -1.88. The van der Waals surface area contributed by atoms with Crippen molar-refractivity contribution in [3.8, 4) is 5.75 Å². The molecule has 5 nitrogen and oxygen atoms in total. The van der Waals surface area contributed by atoms with Gasteiger partial charge in [0.15, 0.2) is 6.29 Å². The first kappa shape index (κ1) is 13.1. The first-order valence-corrected chi connectivity index (χ1v) is 4.10. The molecule has 1 aromatic heterocycles. The maximum absolute atomic E-state index is 10.5. The van der Waals surface area contributed by atoms with Gasteiger partial charge in [-0.05, 0) is 6.92 Å². The minimum Gasteiger partial charge on any atom is -0.516 e. The van der Waals surface area contributed by atoms with Crippen LogP contribution in [0.1, 0.15) is 21.6 Å². The van der Waals surface area contributed by atoms with Crippen LogP contribution < -0.4 is 0 Å². The number of aliphatic hydroxyl groups excluding tert-OH is 2. The molecule has 0 radical (unpaired) electrons. The molecule has 0 bridgehead atoms. The molecule has 1 rings (SSSR count). The van der Waals surface area contributed by atoms with Gasteiger partial charge in [0.2, 0.25) is 0 Å². The predicted molar refractivity (Wildman–Crippen MR) is 54.8 cm³/mol. The zero-order valence-corrected chi connectivity index (χ0v) is 8.34. The van der Waals surface area contributed by atoms with Gasteiger partial charge in [0.25, 0.3) is 0 Å². The van der Waals surface area contributed by atoms with Crippen LogP contribution in [0.2, 0.25) is 0 Å². The number of aryl methyl sites for hydroxylation is 1. The molecule has 0 spiro atoms. The summed E-state index contributed by atoms with van der Waals surface area (Å²) in [5.74, 6) is -0.156. The summed E-state index contributed by atoms with van der Waals surface area (Å²) >= 11 is 0. The molecule has 3 N–H and O–H groups in total. The lowest BCUT2D eigenvalue weighted by molar-refractivity contribution is 0.111. The van der Waals surface area contributed by atoms with Crippen LogP contribution in [0.3, 0.4) is 0 Å². The van der Waals surface area contributed by atoms with E-state index in [4.69, 9.17) is 10.2 Å². The van der Waals surface area contributed by atoms with Crippen LogP contribution in [0.15, 0.2) is 19.0 Å². The highest BCUT2D eigenvalue weighted by Gasteiger charge is 2.09. The van der Waals surface area contributed by atoms with E-state index < -0.39 is 0 Å². The molecule has 0 atom stereocenters. The first-order chi connectivity index (χ1) is 7.12. The number of nitrogens with zero attached hydrogens (tertiary/aromatic N) is 1. The van der Waals surface area contributed by atoms with Crippen molar-refractivity contribution in [1.82, 2.24) is 4.98 Å². The van der Waals surface area contributed by atoms with Gasteiger partial charge in [-0.25, -0.2) is 0 Å². The van der Waals surface area contributed by atoms with Crippen LogP contribution in [-0.2, 0) is 6.61 Å². The smallest absolute Gasteiger partial charge is 0.154 e.